The lowest BCUT2D eigenvalue weighted by Gasteiger charge is -2.49. The minimum absolute atomic E-state index is 0.0463. The number of β-lactam (4-membered cyclic amide) rings is 1. The summed E-state index contributed by atoms with van der Waals surface area (Å²) in [7, 11) is 1.56. The number of carbonyl (C=O) groups excluding carboxylic acids is 4. The number of oxime groups is 1. The van der Waals surface area contributed by atoms with Crippen LogP contribution in [0.5, 0.6) is 5.75 Å². The van der Waals surface area contributed by atoms with Gasteiger partial charge in [0.05, 0.1) is 20.2 Å². The number of nitrogens with two attached hydrogens (primary N) is 1. The summed E-state index contributed by atoms with van der Waals surface area (Å²) in [6.45, 7) is 8.36. The van der Waals surface area contributed by atoms with Crippen molar-refractivity contribution in [3.05, 3.63) is 71.6 Å². The molecule has 2 aliphatic rings. The fraction of sp³-hybridized carbons (Fsp3) is 0.417. The highest BCUT2D eigenvalue weighted by atomic mass is 32.2. The number of aryl methyl sites for hydroxylation is 1. The van der Waals surface area contributed by atoms with E-state index < -0.39 is 40.9 Å². The van der Waals surface area contributed by atoms with Crippen LogP contribution in [0.15, 0.2) is 65.3 Å². The first-order valence-corrected chi connectivity index (χ1v) is 19.6. The van der Waals surface area contributed by atoms with Gasteiger partial charge in [0.15, 0.2) is 11.8 Å². The Morgan fingerprint density at radius 2 is 1.95 bits per heavy atom. The van der Waals surface area contributed by atoms with E-state index in [1.807, 2.05) is 23.0 Å². The molecular formula is C36H43N10O8S2+. The number of hydrogen-bond donors (Lipinski definition) is 3. The Morgan fingerprint density at radius 1 is 1.16 bits per heavy atom. The second-order valence-corrected chi connectivity index (χ2v) is 15.4. The third-order valence-corrected chi connectivity index (χ3v) is 10.4. The number of ether oxygens (including phenoxy) is 3. The Bertz CT molecular complexity index is 2160. The van der Waals surface area contributed by atoms with Crippen LogP contribution in [0, 0.1) is 0 Å². The fourth-order valence-corrected chi connectivity index (χ4v) is 7.79. The summed E-state index contributed by atoms with van der Waals surface area (Å²) in [5, 5.41) is 8.55. The first-order chi connectivity index (χ1) is 26.9. The van der Waals surface area contributed by atoms with Crippen LogP contribution in [0.3, 0.4) is 0 Å². The molecule has 0 spiro atoms. The summed E-state index contributed by atoms with van der Waals surface area (Å²) >= 11 is 2.20. The number of carbonyl (C=O) groups is 4. The van der Waals surface area contributed by atoms with Gasteiger partial charge in [0, 0.05) is 22.9 Å². The molecule has 0 saturated carbocycles. The number of fused-ring (bicyclic) bond motifs is 2. The van der Waals surface area contributed by atoms with Gasteiger partial charge in [-0.1, -0.05) is 17.3 Å². The second-order valence-electron chi connectivity index (χ2n) is 13.6. The molecule has 18 nitrogen and oxygen atoms in total. The number of amides is 3. The quantitative estimate of drug-likeness (QED) is 0.0518. The zero-order chi connectivity index (χ0) is 40.0. The number of pyridine rings is 1. The topological polar surface area (TPSA) is 218 Å². The Kier molecular flexibility index (Phi) is 12.5. The maximum absolute atomic E-state index is 14.0. The minimum atomic E-state index is -1.03. The van der Waals surface area contributed by atoms with Gasteiger partial charge in [-0.25, -0.2) is 14.2 Å². The van der Waals surface area contributed by atoms with E-state index in [0.29, 0.717) is 35.8 Å². The van der Waals surface area contributed by atoms with E-state index in [-0.39, 0.29) is 42.1 Å². The van der Waals surface area contributed by atoms with Gasteiger partial charge in [0.25, 0.3) is 11.8 Å². The van der Waals surface area contributed by atoms with Crippen molar-refractivity contribution < 1.29 is 42.8 Å². The summed E-state index contributed by atoms with van der Waals surface area (Å²) in [6.07, 6.45) is 3.64. The molecule has 1 fully saturated rings. The van der Waals surface area contributed by atoms with E-state index in [0.717, 1.165) is 29.0 Å². The number of methoxy groups -OCH3 is 1. The Morgan fingerprint density at radius 3 is 2.66 bits per heavy atom. The Labute approximate surface area is 330 Å². The molecule has 5 heterocycles. The number of hydrogen-bond acceptors (Lipinski definition) is 15. The summed E-state index contributed by atoms with van der Waals surface area (Å²) in [5.74, 6) is -1.12. The van der Waals surface area contributed by atoms with Crippen molar-refractivity contribution in [3.63, 3.8) is 0 Å². The molecule has 1 aromatic carbocycles. The zero-order valence-corrected chi connectivity index (χ0v) is 33.1. The highest BCUT2D eigenvalue weighted by molar-refractivity contribution is 8.00. The number of anilines is 1. The fourth-order valence-electron chi connectivity index (χ4n) is 5.90. The second kappa shape index (κ2) is 17.5. The number of nitrogens with zero attached hydrogens (tertiary/aromatic N) is 7. The van der Waals surface area contributed by atoms with Crippen LogP contribution in [-0.4, -0.2) is 96.4 Å². The number of aromatic nitrogens is 5. The first-order valence-electron chi connectivity index (χ1n) is 17.8. The third kappa shape index (κ3) is 9.09. The van der Waals surface area contributed by atoms with E-state index in [1.165, 1.54) is 16.7 Å². The van der Waals surface area contributed by atoms with E-state index in [9.17, 15) is 19.2 Å². The predicted molar refractivity (Wildman–Crippen MR) is 206 cm³/mol. The summed E-state index contributed by atoms with van der Waals surface area (Å²) in [6, 6.07) is 9.89. The highest BCUT2D eigenvalue weighted by Crippen LogP contribution is 2.41. The Balaban J connectivity index is 1.24. The van der Waals surface area contributed by atoms with Gasteiger partial charge in [0.1, 0.15) is 47.9 Å². The molecule has 20 heteroatoms. The smallest absolute Gasteiger partial charge is 0.414 e. The van der Waals surface area contributed by atoms with Gasteiger partial charge in [-0.3, -0.25) is 24.4 Å². The van der Waals surface area contributed by atoms with Gasteiger partial charge in [-0.05, 0) is 70.5 Å². The van der Waals surface area contributed by atoms with Gasteiger partial charge >= 0.3 is 17.7 Å². The van der Waals surface area contributed by atoms with E-state index >= 15 is 0 Å². The molecule has 2 aliphatic heterocycles. The molecule has 6 rings (SSSR count). The minimum Gasteiger partial charge on any atom is -0.497 e. The molecule has 3 aromatic heterocycles. The number of benzene rings is 1. The molecule has 0 radical (unpaired) electrons. The molecule has 296 valence electrons. The van der Waals surface area contributed by atoms with Crippen LogP contribution in [-0.2, 0) is 48.4 Å². The van der Waals surface area contributed by atoms with Crippen molar-refractivity contribution in [2.45, 2.75) is 70.8 Å². The molecule has 2 atom stereocenters. The van der Waals surface area contributed by atoms with E-state index in [4.69, 9.17) is 24.8 Å². The predicted octanol–water partition coefficient (Wildman–Crippen LogP) is 2.72. The average Bonchev–Trinajstić information content (AvgIpc) is 3.78. The number of rotatable bonds is 15. The molecule has 56 heavy (non-hydrogen) atoms. The first kappa shape index (κ1) is 40.1. The van der Waals surface area contributed by atoms with Gasteiger partial charge < -0.3 is 30.1 Å². The standard InChI is InChI=1S/C36H42N10O8S2/c1-6-53-42-25(28-40-34(56-43-28)41-35(50)54-36(2,3)4)30(47)39-26-31(48)46-27(33(49)52-18-21-10-12-23(51-5)13-11-21)22(19-55-32(26)46)17-45-20-44(16-8-14-37)24-9-7-15-38-29(24)45/h7,9-13,15,20,26,32H,6,8,14,16-19,37H2,1-5H3,(H-,39,40,41,43,47,50)/p+1/b42-25-. The van der Waals surface area contributed by atoms with Crippen LogP contribution >= 0.6 is 23.3 Å². The van der Waals surface area contributed by atoms with Crippen molar-refractivity contribution >= 4 is 69.2 Å². The van der Waals surface area contributed by atoms with Gasteiger partial charge in [-0.2, -0.15) is 9.36 Å². The van der Waals surface area contributed by atoms with E-state index in [1.54, 1.807) is 65.3 Å². The van der Waals surface area contributed by atoms with Crippen molar-refractivity contribution in [1.82, 2.24) is 29.1 Å². The lowest BCUT2D eigenvalue weighted by molar-refractivity contribution is -0.665. The molecule has 4 aromatic rings. The van der Waals surface area contributed by atoms with Crippen LogP contribution < -0.4 is 25.7 Å². The molecule has 1 saturated heterocycles. The molecule has 2 unspecified atom stereocenters. The monoisotopic (exact) mass is 807 g/mol. The number of esters is 1. The van der Waals surface area contributed by atoms with Gasteiger partial charge in [-0.15, -0.1) is 16.7 Å². The van der Waals surface area contributed by atoms with Crippen molar-refractivity contribution in [3.8, 4) is 5.75 Å². The zero-order valence-electron chi connectivity index (χ0n) is 31.5. The lowest BCUT2D eigenvalue weighted by atomic mass is 10.0. The number of thioether (sulfide) groups is 1. The summed E-state index contributed by atoms with van der Waals surface area (Å²) in [5.41, 5.74) is 7.83. The highest BCUT2D eigenvalue weighted by Gasteiger charge is 2.55. The molecule has 0 aliphatic carbocycles. The van der Waals surface area contributed by atoms with Crippen molar-refractivity contribution in [2.24, 2.45) is 10.9 Å². The maximum Gasteiger partial charge on any atom is 0.414 e. The molecular weight excluding hydrogens is 765 g/mol. The lowest BCUT2D eigenvalue weighted by Crippen LogP contribution is -2.71. The van der Waals surface area contributed by atoms with Crippen molar-refractivity contribution in [2.75, 3.05) is 31.3 Å². The van der Waals surface area contributed by atoms with Crippen LogP contribution in [0.1, 0.15) is 45.5 Å². The average molecular weight is 808 g/mol. The third-order valence-electron chi connectivity index (χ3n) is 8.39. The van der Waals surface area contributed by atoms with E-state index in [2.05, 4.69) is 34.7 Å². The largest absolute Gasteiger partial charge is 0.497 e. The normalized spacial score (nSPS) is 16.9. The molecule has 4 N–H and O–H groups in total. The van der Waals surface area contributed by atoms with Crippen LogP contribution in [0.4, 0.5) is 9.93 Å². The SMILES string of the molecule is CCO/N=C(\C(=O)NC1C(=O)N2C(C(=O)OCc3ccc(OC)cc3)=C(C[n+]3cn(CCCN)c4cccnc43)CSC12)c1nsc(NC(=O)OC(C)(C)C)n1. The number of imidazole rings is 1. The van der Waals surface area contributed by atoms with Crippen LogP contribution in [0.25, 0.3) is 11.2 Å². The van der Waals surface area contributed by atoms with Crippen LogP contribution in [0.2, 0.25) is 0 Å². The number of nitrogens with one attached hydrogen (secondary N) is 2. The summed E-state index contributed by atoms with van der Waals surface area (Å²) in [4.78, 5) is 69.4. The van der Waals surface area contributed by atoms with Gasteiger partial charge in [0.2, 0.25) is 16.7 Å². The molecule has 0 bridgehead atoms. The van der Waals surface area contributed by atoms with Crippen molar-refractivity contribution in [1.29, 1.82) is 0 Å². The maximum atomic E-state index is 14.0. The molecule has 3 amide bonds. The summed E-state index contributed by atoms with van der Waals surface area (Å²) < 4.78 is 24.5. The Hall–Kier alpha value is -5.60.